The fourth-order valence-corrected chi connectivity index (χ4v) is 8.25. The summed E-state index contributed by atoms with van der Waals surface area (Å²) in [5.74, 6) is 3.19. The molecule has 0 bridgehead atoms. The summed E-state index contributed by atoms with van der Waals surface area (Å²) in [6.45, 7) is 6.42. The van der Waals surface area contributed by atoms with Crippen LogP contribution in [-0.2, 0) is 44.7 Å². The summed E-state index contributed by atoms with van der Waals surface area (Å²) in [5, 5.41) is 0. The lowest BCUT2D eigenvalue weighted by molar-refractivity contribution is -0.152. The van der Waals surface area contributed by atoms with Gasteiger partial charge in [-0.05, 0) is 125 Å². The number of likely N-dealkylation sites (N-methyl/N-ethyl adjacent to an activating group) is 2. The average Bonchev–Trinajstić information content (AvgIpc) is 3.36. The van der Waals surface area contributed by atoms with Crippen LogP contribution >= 0.6 is 0 Å². The van der Waals surface area contributed by atoms with Gasteiger partial charge < -0.3 is 38.2 Å². The average molecular weight is 967 g/mol. The van der Waals surface area contributed by atoms with Crippen LogP contribution in [-0.4, -0.2) is 103 Å². The molecule has 0 fully saturated rings. The SMILES string of the molecule is CCCCCCCCCC(=O)OC(COc1ccccc1CCc1cccc(OC)c1)CN(C)C.CCCCCCCCCC(=O)O[C@@H](COc1ccccc1CCc1ccc(OC)cc1)CN(C)C. The zero-order valence-electron chi connectivity index (χ0n) is 44.5. The second-order valence-corrected chi connectivity index (χ2v) is 19.0. The number of carbonyl (C=O) groups is 2. The Balaban J connectivity index is 0.000000370. The summed E-state index contributed by atoms with van der Waals surface area (Å²) < 4.78 is 34.6. The largest absolute Gasteiger partial charge is 0.497 e. The van der Waals surface area contributed by atoms with Crippen LogP contribution in [0.5, 0.6) is 23.0 Å². The lowest BCUT2D eigenvalue weighted by Crippen LogP contribution is -2.35. The third-order valence-electron chi connectivity index (χ3n) is 12.2. The Morgan fingerprint density at radius 2 is 0.886 bits per heavy atom. The lowest BCUT2D eigenvalue weighted by atomic mass is 10.0. The van der Waals surface area contributed by atoms with E-state index in [1.165, 1.54) is 75.3 Å². The minimum absolute atomic E-state index is 0.123. The van der Waals surface area contributed by atoms with Gasteiger partial charge >= 0.3 is 11.9 Å². The Hall–Kier alpha value is -5.06. The minimum Gasteiger partial charge on any atom is -0.497 e. The summed E-state index contributed by atoms with van der Waals surface area (Å²) in [4.78, 5) is 29.0. The molecule has 0 amide bonds. The Morgan fingerprint density at radius 3 is 1.33 bits per heavy atom. The molecule has 0 N–H and O–H groups in total. The molecule has 0 radical (unpaired) electrons. The second-order valence-electron chi connectivity index (χ2n) is 19.0. The first-order valence-electron chi connectivity index (χ1n) is 26.4. The molecule has 4 aromatic carbocycles. The topological polar surface area (TPSA) is 96.0 Å². The molecular formula is C60H90N2O8. The molecule has 1 unspecified atom stereocenters. The van der Waals surface area contributed by atoms with Gasteiger partial charge in [0.1, 0.15) is 48.4 Å². The Labute approximate surface area is 423 Å². The molecule has 10 nitrogen and oxygen atoms in total. The van der Waals surface area contributed by atoms with Crippen molar-refractivity contribution in [2.75, 3.05) is 68.7 Å². The van der Waals surface area contributed by atoms with Crippen LogP contribution in [0.2, 0.25) is 0 Å². The first-order valence-corrected chi connectivity index (χ1v) is 26.4. The quantitative estimate of drug-likeness (QED) is 0.0324. The third kappa shape index (κ3) is 26.8. The minimum atomic E-state index is -0.298. The molecule has 0 aromatic heterocycles. The van der Waals surface area contributed by atoms with E-state index < -0.39 is 0 Å². The first kappa shape index (κ1) is 59.2. The number of esters is 2. The maximum Gasteiger partial charge on any atom is 0.306 e. The van der Waals surface area contributed by atoms with Gasteiger partial charge in [-0.3, -0.25) is 9.59 Å². The van der Waals surface area contributed by atoms with Crippen molar-refractivity contribution in [3.63, 3.8) is 0 Å². The van der Waals surface area contributed by atoms with Crippen LogP contribution in [0, 0.1) is 0 Å². The molecule has 0 spiro atoms. The fourth-order valence-electron chi connectivity index (χ4n) is 8.25. The molecular weight excluding hydrogens is 877 g/mol. The first-order chi connectivity index (χ1) is 34.0. The highest BCUT2D eigenvalue weighted by atomic mass is 16.6. The Kier molecular flexibility index (Phi) is 31.2. The van der Waals surface area contributed by atoms with Crippen molar-refractivity contribution >= 4 is 11.9 Å². The van der Waals surface area contributed by atoms with Crippen molar-refractivity contribution in [3.05, 3.63) is 119 Å². The number of hydrogen-bond donors (Lipinski definition) is 0. The molecule has 2 atom stereocenters. The van der Waals surface area contributed by atoms with Crippen molar-refractivity contribution in [1.82, 2.24) is 9.80 Å². The van der Waals surface area contributed by atoms with Gasteiger partial charge in [-0.25, -0.2) is 0 Å². The molecule has 0 aliphatic carbocycles. The fraction of sp³-hybridized carbons (Fsp3) is 0.567. The van der Waals surface area contributed by atoms with E-state index in [0.29, 0.717) is 39.1 Å². The molecule has 0 aliphatic heterocycles. The van der Waals surface area contributed by atoms with Gasteiger partial charge in [-0.1, -0.05) is 152 Å². The monoisotopic (exact) mass is 967 g/mol. The van der Waals surface area contributed by atoms with Gasteiger partial charge in [0.05, 0.1) is 14.2 Å². The normalized spacial score (nSPS) is 11.9. The highest BCUT2D eigenvalue weighted by Crippen LogP contribution is 2.24. The highest BCUT2D eigenvalue weighted by molar-refractivity contribution is 5.70. The zero-order valence-corrected chi connectivity index (χ0v) is 44.5. The molecule has 0 saturated carbocycles. The van der Waals surface area contributed by atoms with E-state index in [-0.39, 0.29) is 24.1 Å². The number of ether oxygens (including phenoxy) is 6. The van der Waals surface area contributed by atoms with Gasteiger partial charge in [0.15, 0.2) is 0 Å². The second kappa shape index (κ2) is 36.8. The molecule has 0 aliphatic rings. The van der Waals surface area contributed by atoms with E-state index in [2.05, 4.69) is 50.2 Å². The van der Waals surface area contributed by atoms with Gasteiger partial charge in [0.25, 0.3) is 0 Å². The third-order valence-corrected chi connectivity index (χ3v) is 12.2. The van der Waals surface area contributed by atoms with Crippen LogP contribution in [0.15, 0.2) is 97.1 Å². The number of methoxy groups -OCH3 is 2. The van der Waals surface area contributed by atoms with E-state index in [4.69, 9.17) is 28.4 Å². The van der Waals surface area contributed by atoms with Crippen molar-refractivity contribution in [2.24, 2.45) is 0 Å². The lowest BCUT2D eigenvalue weighted by Gasteiger charge is -2.22. The number of unbranched alkanes of at least 4 members (excludes halogenated alkanes) is 12. The number of para-hydroxylation sites is 2. The smallest absolute Gasteiger partial charge is 0.306 e. The van der Waals surface area contributed by atoms with Gasteiger partial charge in [0.2, 0.25) is 0 Å². The maximum absolute atomic E-state index is 12.5. The zero-order chi connectivity index (χ0) is 50.6. The summed E-state index contributed by atoms with van der Waals surface area (Å²) in [6, 6.07) is 32.6. The van der Waals surface area contributed by atoms with Gasteiger partial charge in [-0.15, -0.1) is 0 Å². The van der Waals surface area contributed by atoms with Crippen LogP contribution in [0.1, 0.15) is 139 Å². The van der Waals surface area contributed by atoms with Gasteiger partial charge in [-0.2, -0.15) is 0 Å². The number of aryl methyl sites for hydroxylation is 4. The molecule has 70 heavy (non-hydrogen) atoms. The van der Waals surface area contributed by atoms with Crippen LogP contribution in [0.25, 0.3) is 0 Å². The number of hydrogen-bond acceptors (Lipinski definition) is 10. The van der Waals surface area contributed by atoms with Crippen molar-refractivity contribution < 1.29 is 38.0 Å². The number of rotatable bonds is 36. The van der Waals surface area contributed by atoms with E-state index in [1.54, 1.807) is 14.2 Å². The molecule has 388 valence electrons. The summed E-state index contributed by atoms with van der Waals surface area (Å²) in [5.41, 5.74) is 4.78. The van der Waals surface area contributed by atoms with Crippen molar-refractivity contribution in [3.8, 4) is 23.0 Å². The van der Waals surface area contributed by atoms with Crippen LogP contribution < -0.4 is 18.9 Å². The molecule has 4 aromatic rings. The summed E-state index contributed by atoms with van der Waals surface area (Å²) in [6.07, 6.45) is 20.5. The Bertz CT molecular complexity index is 1970. The van der Waals surface area contributed by atoms with E-state index in [1.807, 2.05) is 98.7 Å². The van der Waals surface area contributed by atoms with Gasteiger partial charge in [0, 0.05) is 25.9 Å². The predicted octanol–water partition coefficient (Wildman–Crippen LogP) is 12.9. The van der Waals surface area contributed by atoms with Crippen molar-refractivity contribution in [2.45, 2.75) is 154 Å². The predicted molar refractivity (Wildman–Crippen MR) is 287 cm³/mol. The standard InChI is InChI=1S/2C30H45NO4/c1-5-6-7-8-9-10-11-19-30(32)35-28(23-31(2)3)24-34-29-18-13-12-16-26(29)21-20-25-15-14-17-27(22-25)33-4;1-5-6-7-8-9-10-11-16-30(32)35-28(23-31(2)3)24-34-29-15-13-12-14-26(29)20-17-25-18-21-27(33-4)22-19-25/h12-18,22,28H,5-11,19-21,23-24H2,1-4H3;12-15,18-19,21-22,28H,5-11,16-17,20,23-24H2,1-4H3/t;28-/m.1/s1. The molecule has 4 rings (SSSR count). The maximum atomic E-state index is 12.5. The summed E-state index contributed by atoms with van der Waals surface area (Å²) >= 11 is 0. The van der Waals surface area contributed by atoms with Crippen LogP contribution in [0.4, 0.5) is 0 Å². The molecule has 10 heteroatoms. The highest BCUT2D eigenvalue weighted by Gasteiger charge is 2.19. The number of benzene rings is 4. The molecule has 0 saturated heterocycles. The Morgan fingerprint density at radius 1 is 0.457 bits per heavy atom. The number of nitrogens with zero attached hydrogens (tertiary/aromatic N) is 2. The summed E-state index contributed by atoms with van der Waals surface area (Å²) in [7, 11) is 11.3. The van der Waals surface area contributed by atoms with E-state index >= 15 is 0 Å². The number of carbonyl (C=O) groups excluding carboxylic acids is 2. The van der Waals surface area contributed by atoms with E-state index in [9.17, 15) is 9.59 Å². The molecule has 0 heterocycles. The van der Waals surface area contributed by atoms with Crippen LogP contribution in [0.3, 0.4) is 0 Å². The van der Waals surface area contributed by atoms with E-state index in [0.717, 1.165) is 85.5 Å². The van der Waals surface area contributed by atoms with Crippen molar-refractivity contribution in [1.29, 1.82) is 0 Å².